The van der Waals surface area contributed by atoms with Gasteiger partial charge in [-0.2, -0.15) is 0 Å². The largest absolute Gasteiger partial charge is 0.480 e. The fourth-order valence-electron chi connectivity index (χ4n) is 1.69. The number of carboxylic acid groups (broad SMARTS) is 1. The molecule has 1 atom stereocenters. The molecule has 0 aliphatic carbocycles. The van der Waals surface area contributed by atoms with Crippen LogP contribution in [0, 0.1) is 19.8 Å². The molecular weight excluding hydrogens is 224 g/mol. The van der Waals surface area contributed by atoms with Crippen LogP contribution in [0.1, 0.15) is 31.1 Å². The van der Waals surface area contributed by atoms with E-state index in [9.17, 15) is 14.4 Å². The van der Waals surface area contributed by atoms with E-state index < -0.39 is 23.3 Å². The Bertz CT molecular complexity index is 554. The Kier molecular flexibility index (Phi) is 3.55. The second kappa shape index (κ2) is 4.57. The molecule has 0 bridgehead atoms. The summed E-state index contributed by atoms with van der Waals surface area (Å²) in [6, 6.07) is -1.15. The predicted octanol–water partition coefficient (Wildman–Crippen LogP) is 0.435. The van der Waals surface area contributed by atoms with Crippen LogP contribution in [-0.2, 0) is 4.79 Å². The molecule has 1 rings (SSSR count). The van der Waals surface area contributed by atoms with Crippen molar-refractivity contribution in [3.05, 3.63) is 32.1 Å². The number of carboxylic acids is 1. The summed E-state index contributed by atoms with van der Waals surface area (Å²) in [5, 5.41) is 9.09. The molecule has 0 fully saturated rings. The summed E-state index contributed by atoms with van der Waals surface area (Å²) in [6.45, 7) is 6.47. The summed E-state index contributed by atoms with van der Waals surface area (Å²) >= 11 is 0. The molecule has 0 spiro atoms. The van der Waals surface area contributed by atoms with Crippen molar-refractivity contribution in [2.24, 2.45) is 5.92 Å². The van der Waals surface area contributed by atoms with Crippen LogP contribution < -0.4 is 11.2 Å². The van der Waals surface area contributed by atoms with Crippen molar-refractivity contribution in [3.63, 3.8) is 0 Å². The Balaban J connectivity index is 3.61. The average molecular weight is 240 g/mol. The van der Waals surface area contributed by atoms with Crippen LogP contribution in [0.2, 0.25) is 0 Å². The summed E-state index contributed by atoms with van der Waals surface area (Å²) < 4.78 is 0.773. The Morgan fingerprint density at radius 1 is 1.29 bits per heavy atom. The van der Waals surface area contributed by atoms with Crippen molar-refractivity contribution in [1.82, 2.24) is 9.55 Å². The van der Waals surface area contributed by atoms with E-state index in [1.807, 2.05) is 0 Å². The van der Waals surface area contributed by atoms with Gasteiger partial charge in [0.1, 0.15) is 6.04 Å². The van der Waals surface area contributed by atoms with Gasteiger partial charge in [-0.15, -0.1) is 0 Å². The molecule has 0 radical (unpaired) electrons. The average Bonchev–Trinajstić information content (AvgIpc) is 2.19. The standard InChI is InChI=1S/C11H16N2O4/c1-5(2)8(10(15)16)13-9(14)6(3)7(4)12-11(13)17/h5,8H,1-4H3,(H,12,17)(H,15,16). The third kappa shape index (κ3) is 2.30. The topological polar surface area (TPSA) is 92.2 Å². The maximum absolute atomic E-state index is 11.9. The van der Waals surface area contributed by atoms with Crippen LogP contribution in [0.25, 0.3) is 0 Å². The van der Waals surface area contributed by atoms with Gasteiger partial charge in [-0.05, 0) is 19.8 Å². The summed E-state index contributed by atoms with van der Waals surface area (Å²) in [5.74, 6) is -1.54. The minimum Gasteiger partial charge on any atom is -0.480 e. The summed E-state index contributed by atoms with van der Waals surface area (Å²) in [7, 11) is 0. The Labute approximate surface area is 97.9 Å². The molecule has 6 heteroatoms. The normalized spacial score (nSPS) is 12.8. The molecule has 0 aliphatic rings. The molecule has 0 saturated carbocycles. The molecule has 2 N–H and O–H groups in total. The van der Waals surface area contributed by atoms with Crippen LogP contribution in [-0.4, -0.2) is 20.6 Å². The molecule has 6 nitrogen and oxygen atoms in total. The zero-order valence-electron chi connectivity index (χ0n) is 10.3. The smallest absolute Gasteiger partial charge is 0.329 e. The number of aliphatic carboxylic acids is 1. The first-order valence-electron chi connectivity index (χ1n) is 5.32. The molecule has 94 valence electrons. The van der Waals surface area contributed by atoms with Crippen molar-refractivity contribution in [3.8, 4) is 0 Å². The minimum atomic E-state index is -1.18. The highest BCUT2D eigenvalue weighted by Crippen LogP contribution is 2.14. The quantitative estimate of drug-likeness (QED) is 0.801. The van der Waals surface area contributed by atoms with Crippen LogP contribution in [0.4, 0.5) is 0 Å². The molecule has 0 amide bonds. The lowest BCUT2D eigenvalue weighted by Gasteiger charge is -2.18. The Hall–Kier alpha value is -1.85. The van der Waals surface area contributed by atoms with Crippen molar-refractivity contribution >= 4 is 5.97 Å². The fourth-order valence-corrected chi connectivity index (χ4v) is 1.69. The molecule has 0 aromatic carbocycles. The maximum Gasteiger partial charge on any atom is 0.329 e. The van der Waals surface area contributed by atoms with Gasteiger partial charge in [0, 0.05) is 11.3 Å². The zero-order chi connectivity index (χ0) is 13.3. The lowest BCUT2D eigenvalue weighted by atomic mass is 10.0. The number of aromatic amines is 1. The van der Waals surface area contributed by atoms with Gasteiger partial charge in [0.2, 0.25) is 0 Å². The molecular formula is C11H16N2O4. The number of nitrogens with one attached hydrogen (secondary N) is 1. The van der Waals surface area contributed by atoms with Gasteiger partial charge in [-0.3, -0.25) is 4.79 Å². The summed E-state index contributed by atoms with van der Waals surface area (Å²) in [5.41, 5.74) is -0.410. The van der Waals surface area contributed by atoms with E-state index in [1.54, 1.807) is 27.7 Å². The molecule has 17 heavy (non-hydrogen) atoms. The van der Waals surface area contributed by atoms with E-state index in [-0.39, 0.29) is 5.92 Å². The highest BCUT2D eigenvalue weighted by molar-refractivity contribution is 5.72. The lowest BCUT2D eigenvalue weighted by molar-refractivity contribution is -0.142. The molecule has 1 unspecified atom stereocenters. The first kappa shape index (κ1) is 13.2. The van der Waals surface area contributed by atoms with Crippen LogP contribution in [0.3, 0.4) is 0 Å². The number of carbonyl (C=O) groups is 1. The van der Waals surface area contributed by atoms with Gasteiger partial charge >= 0.3 is 11.7 Å². The third-order valence-corrected chi connectivity index (χ3v) is 2.78. The van der Waals surface area contributed by atoms with Gasteiger partial charge in [-0.1, -0.05) is 13.8 Å². The van der Waals surface area contributed by atoms with E-state index in [1.165, 1.54) is 0 Å². The highest BCUT2D eigenvalue weighted by Gasteiger charge is 2.27. The number of rotatable bonds is 3. The second-order valence-electron chi connectivity index (χ2n) is 4.38. The molecule has 1 heterocycles. The monoisotopic (exact) mass is 240 g/mol. The summed E-state index contributed by atoms with van der Waals surface area (Å²) in [4.78, 5) is 37.3. The zero-order valence-corrected chi connectivity index (χ0v) is 10.3. The number of nitrogens with zero attached hydrogens (tertiary/aromatic N) is 1. The summed E-state index contributed by atoms with van der Waals surface area (Å²) in [6.07, 6.45) is 0. The first-order chi connectivity index (χ1) is 7.77. The minimum absolute atomic E-state index is 0.353. The van der Waals surface area contributed by atoms with Crippen molar-refractivity contribution < 1.29 is 9.90 Å². The number of aryl methyl sites for hydroxylation is 1. The predicted molar refractivity (Wildman–Crippen MR) is 62.3 cm³/mol. The Morgan fingerprint density at radius 3 is 2.24 bits per heavy atom. The van der Waals surface area contributed by atoms with Gasteiger partial charge in [-0.25, -0.2) is 14.2 Å². The fraction of sp³-hybridized carbons (Fsp3) is 0.545. The van der Waals surface area contributed by atoms with E-state index in [0.29, 0.717) is 11.3 Å². The molecule has 1 aromatic rings. The van der Waals surface area contributed by atoms with Crippen molar-refractivity contribution in [2.45, 2.75) is 33.7 Å². The van der Waals surface area contributed by atoms with Crippen LogP contribution in [0.15, 0.2) is 9.59 Å². The second-order valence-corrected chi connectivity index (χ2v) is 4.38. The van der Waals surface area contributed by atoms with Gasteiger partial charge < -0.3 is 10.1 Å². The maximum atomic E-state index is 11.9. The van der Waals surface area contributed by atoms with Crippen molar-refractivity contribution in [1.29, 1.82) is 0 Å². The molecule has 0 saturated heterocycles. The SMILES string of the molecule is Cc1[nH]c(=O)n(C(C(=O)O)C(C)C)c(=O)c1C. The van der Waals surface area contributed by atoms with Crippen LogP contribution >= 0.6 is 0 Å². The Morgan fingerprint density at radius 2 is 1.82 bits per heavy atom. The van der Waals surface area contributed by atoms with Gasteiger partial charge in [0.25, 0.3) is 5.56 Å². The van der Waals surface area contributed by atoms with E-state index >= 15 is 0 Å². The molecule has 0 aliphatic heterocycles. The van der Waals surface area contributed by atoms with E-state index in [2.05, 4.69) is 4.98 Å². The van der Waals surface area contributed by atoms with Crippen molar-refractivity contribution in [2.75, 3.05) is 0 Å². The number of hydrogen-bond acceptors (Lipinski definition) is 3. The van der Waals surface area contributed by atoms with Crippen LogP contribution in [0.5, 0.6) is 0 Å². The lowest BCUT2D eigenvalue weighted by Crippen LogP contribution is -2.44. The highest BCUT2D eigenvalue weighted by atomic mass is 16.4. The number of aromatic nitrogens is 2. The van der Waals surface area contributed by atoms with Gasteiger partial charge in [0.15, 0.2) is 0 Å². The third-order valence-electron chi connectivity index (χ3n) is 2.78. The molecule has 1 aromatic heterocycles. The van der Waals surface area contributed by atoms with Gasteiger partial charge in [0.05, 0.1) is 0 Å². The number of H-pyrrole nitrogens is 1. The van der Waals surface area contributed by atoms with E-state index in [0.717, 1.165) is 4.57 Å². The number of hydrogen-bond donors (Lipinski definition) is 2. The first-order valence-corrected chi connectivity index (χ1v) is 5.32. The van der Waals surface area contributed by atoms with E-state index in [4.69, 9.17) is 5.11 Å².